The summed E-state index contributed by atoms with van der Waals surface area (Å²) in [6.07, 6.45) is 1.22. The van der Waals surface area contributed by atoms with Gasteiger partial charge in [0.05, 0.1) is 31.6 Å². The van der Waals surface area contributed by atoms with Crippen molar-refractivity contribution in [2.75, 3.05) is 32.6 Å². The van der Waals surface area contributed by atoms with Crippen LogP contribution >= 0.6 is 0 Å². The first kappa shape index (κ1) is 26.2. The predicted molar refractivity (Wildman–Crippen MR) is 128 cm³/mol. The summed E-state index contributed by atoms with van der Waals surface area (Å²) in [7, 11) is -2.42. The smallest absolute Gasteiger partial charge is 0.296 e. The van der Waals surface area contributed by atoms with Gasteiger partial charge in [-0.25, -0.2) is 17.8 Å². The van der Waals surface area contributed by atoms with Crippen LogP contribution in [0.3, 0.4) is 0 Å². The quantitative estimate of drug-likeness (QED) is 0.603. The third-order valence-electron chi connectivity index (χ3n) is 6.69. The van der Waals surface area contributed by atoms with Gasteiger partial charge in [0.2, 0.25) is 15.8 Å². The van der Waals surface area contributed by atoms with Gasteiger partial charge in [-0.05, 0) is 37.3 Å². The fraction of sp³-hybridized carbons (Fsp3) is 0.542. The highest BCUT2D eigenvalue weighted by molar-refractivity contribution is 7.89. The fourth-order valence-electron chi connectivity index (χ4n) is 4.50. The topological polar surface area (TPSA) is 128 Å². The molecule has 1 N–H and O–H groups in total. The van der Waals surface area contributed by atoms with Crippen LogP contribution in [0.5, 0.6) is 11.5 Å². The number of sulfonamides is 1. The van der Waals surface area contributed by atoms with Crippen molar-refractivity contribution in [3.8, 4) is 11.5 Å². The molecule has 4 rings (SSSR count). The molecule has 2 aliphatic heterocycles. The number of aryl methyl sites for hydroxylation is 1. The minimum Gasteiger partial charge on any atom is -0.501 e. The molecular weight excluding hydrogens is 493 g/mol. The maximum absolute atomic E-state index is 13.8. The molecule has 10 nitrogen and oxygen atoms in total. The SMILES string of the molecule is CC[C@H]1COC[C@@H]2c3nc(c(O)c(=O)n31)C(=O)CCc1ccc(F)cc1OCCCCS(=O)(=O)N2C. The summed E-state index contributed by atoms with van der Waals surface area (Å²) < 4.78 is 53.9. The van der Waals surface area contributed by atoms with E-state index in [0.717, 1.165) is 4.31 Å². The Bertz CT molecular complexity index is 1310. The maximum atomic E-state index is 13.8. The summed E-state index contributed by atoms with van der Waals surface area (Å²) in [5.74, 6) is -1.75. The predicted octanol–water partition coefficient (Wildman–Crippen LogP) is 2.36. The molecule has 12 heteroatoms. The summed E-state index contributed by atoms with van der Waals surface area (Å²) in [5.41, 5.74) is -0.661. The van der Waals surface area contributed by atoms with Crippen molar-refractivity contribution in [2.24, 2.45) is 0 Å². The lowest BCUT2D eigenvalue weighted by atomic mass is 10.0. The zero-order valence-electron chi connectivity index (χ0n) is 20.3. The first-order valence-electron chi connectivity index (χ1n) is 12.0. The number of hydrogen-bond acceptors (Lipinski definition) is 8. The van der Waals surface area contributed by atoms with Crippen LogP contribution in [0, 0.1) is 5.82 Å². The molecule has 2 aromatic rings. The highest BCUT2D eigenvalue weighted by Crippen LogP contribution is 2.30. The average molecular weight is 524 g/mol. The Hall–Kier alpha value is -2.83. The van der Waals surface area contributed by atoms with Crippen LogP contribution in [0.25, 0.3) is 0 Å². The van der Waals surface area contributed by atoms with E-state index in [0.29, 0.717) is 24.8 Å². The van der Waals surface area contributed by atoms with Gasteiger partial charge in [-0.3, -0.25) is 14.2 Å². The molecule has 0 radical (unpaired) electrons. The number of aromatic hydroxyl groups is 1. The van der Waals surface area contributed by atoms with Gasteiger partial charge in [0, 0.05) is 19.5 Å². The highest BCUT2D eigenvalue weighted by Gasteiger charge is 2.36. The summed E-state index contributed by atoms with van der Waals surface area (Å²) in [6.45, 7) is 2.09. The van der Waals surface area contributed by atoms with E-state index in [-0.39, 0.29) is 50.0 Å². The number of carbonyl (C=O) groups is 1. The number of hydrogen-bond donors (Lipinski definition) is 1. The lowest BCUT2D eigenvalue weighted by Gasteiger charge is -2.28. The zero-order valence-corrected chi connectivity index (χ0v) is 21.1. The number of ether oxygens (including phenoxy) is 2. The molecule has 2 bridgehead atoms. The minimum absolute atomic E-state index is 0.0564. The number of benzene rings is 1. The van der Waals surface area contributed by atoms with Crippen LogP contribution in [0.4, 0.5) is 4.39 Å². The van der Waals surface area contributed by atoms with E-state index < -0.39 is 50.7 Å². The van der Waals surface area contributed by atoms with E-state index in [4.69, 9.17) is 9.47 Å². The van der Waals surface area contributed by atoms with Gasteiger partial charge in [-0.1, -0.05) is 13.0 Å². The molecule has 196 valence electrons. The molecule has 2 aliphatic rings. The van der Waals surface area contributed by atoms with Crippen LogP contribution in [-0.4, -0.2) is 65.8 Å². The Balaban J connectivity index is 1.85. The maximum Gasteiger partial charge on any atom is 0.296 e. The molecule has 0 aliphatic carbocycles. The van der Waals surface area contributed by atoms with E-state index in [1.165, 1.54) is 29.8 Å². The summed E-state index contributed by atoms with van der Waals surface area (Å²) in [5, 5.41) is 10.7. The minimum atomic E-state index is -3.81. The Morgan fingerprint density at radius 1 is 1.19 bits per heavy atom. The Kier molecular flexibility index (Phi) is 7.76. The van der Waals surface area contributed by atoms with Crippen molar-refractivity contribution < 1.29 is 32.2 Å². The summed E-state index contributed by atoms with van der Waals surface area (Å²) in [6, 6.07) is 2.54. The molecule has 0 fully saturated rings. The normalized spacial score (nSPS) is 23.4. The van der Waals surface area contributed by atoms with Gasteiger partial charge in [-0.2, -0.15) is 4.31 Å². The van der Waals surface area contributed by atoms with E-state index in [2.05, 4.69) is 4.98 Å². The monoisotopic (exact) mass is 523 g/mol. The van der Waals surface area contributed by atoms with Gasteiger partial charge in [0.25, 0.3) is 5.56 Å². The number of rotatable bonds is 1. The average Bonchev–Trinajstić information content (AvgIpc) is 3.03. The van der Waals surface area contributed by atoms with Crippen molar-refractivity contribution >= 4 is 15.8 Å². The lowest BCUT2D eigenvalue weighted by molar-refractivity contribution is 0.0860. The zero-order chi connectivity index (χ0) is 26.0. The van der Waals surface area contributed by atoms with Crippen LogP contribution in [0.1, 0.15) is 66.6 Å². The largest absolute Gasteiger partial charge is 0.501 e. The molecule has 0 unspecified atom stereocenters. The van der Waals surface area contributed by atoms with Crippen molar-refractivity contribution in [1.82, 2.24) is 13.9 Å². The molecule has 1 aromatic carbocycles. The number of ketones is 1. The molecule has 3 heterocycles. The number of fused-ring (bicyclic) bond motifs is 2. The van der Waals surface area contributed by atoms with Gasteiger partial charge in [0.1, 0.15) is 23.4 Å². The molecule has 0 saturated heterocycles. The molecule has 36 heavy (non-hydrogen) atoms. The number of nitrogens with zero attached hydrogens (tertiary/aromatic N) is 3. The highest BCUT2D eigenvalue weighted by atomic mass is 32.2. The second-order valence-electron chi connectivity index (χ2n) is 9.02. The first-order valence-corrected chi connectivity index (χ1v) is 13.6. The van der Waals surface area contributed by atoms with E-state index in [1.807, 2.05) is 6.92 Å². The molecular formula is C24H30FN3O7S. The third kappa shape index (κ3) is 5.16. The van der Waals surface area contributed by atoms with E-state index >= 15 is 0 Å². The van der Waals surface area contributed by atoms with Crippen LogP contribution in [-0.2, 0) is 21.2 Å². The van der Waals surface area contributed by atoms with Gasteiger partial charge >= 0.3 is 0 Å². The molecule has 2 atom stereocenters. The van der Waals surface area contributed by atoms with E-state index in [1.54, 1.807) is 0 Å². The molecule has 0 saturated carbocycles. The number of carbonyl (C=O) groups excluding carboxylic acids is 1. The van der Waals surface area contributed by atoms with Crippen molar-refractivity contribution in [3.63, 3.8) is 0 Å². The van der Waals surface area contributed by atoms with Crippen LogP contribution < -0.4 is 10.3 Å². The standard InChI is InChI=1S/C24H30FN3O7S/c1-3-17-13-34-14-18-23-26-21(22(30)24(31)28(17)23)19(29)9-7-15-6-8-16(25)12-20(15)35-10-4-5-11-36(32,33)27(18)2/h6,8,12,17-18,30H,3-5,7,9-11,13-14H2,1-2H3/t17-,18+/m0/s1. The summed E-state index contributed by atoms with van der Waals surface area (Å²) in [4.78, 5) is 30.8. The number of Topliss-reactive ketones (excluding diaryl/α,β-unsaturated/α-hetero) is 1. The first-order chi connectivity index (χ1) is 17.1. The number of likely N-dealkylation sites (N-methyl/N-ethyl adjacent to an activating group) is 1. The number of aromatic nitrogens is 2. The molecule has 0 spiro atoms. The fourth-order valence-corrected chi connectivity index (χ4v) is 5.90. The molecule has 0 amide bonds. The van der Waals surface area contributed by atoms with Crippen molar-refractivity contribution in [1.29, 1.82) is 0 Å². The van der Waals surface area contributed by atoms with Crippen molar-refractivity contribution in [3.05, 3.63) is 51.5 Å². The molecule has 1 aromatic heterocycles. The second kappa shape index (κ2) is 10.7. The van der Waals surface area contributed by atoms with Crippen LogP contribution in [0.2, 0.25) is 0 Å². The van der Waals surface area contributed by atoms with E-state index in [9.17, 15) is 27.5 Å². The Morgan fingerprint density at radius 3 is 2.72 bits per heavy atom. The Morgan fingerprint density at radius 2 is 1.97 bits per heavy atom. The van der Waals surface area contributed by atoms with Gasteiger partial charge < -0.3 is 14.6 Å². The van der Waals surface area contributed by atoms with Crippen molar-refractivity contribution in [2.45, 2.75) is 51.1 Å². The lowest BCUT2D eigenvalue weighted by Crippen LogP contribution is -2.39. The summed E-state index contributed by atoms with van der Waals surface area (Å²) >= 11 is 0. The third-order valence-corrected chi connectivity index (χ3v) is 8.62. The number of halogens is 1. The van der Waals surface area contributed by atoms with Gasteiger partial charge in [0.15, 0.2) is 11.5 Å². The van der Waals surface area contributed by atoms with Gasteiger partial charge in [-0.15, -0.1) is 0 Å². The Labute approximate surface area is 208 Å². The van der Waals surface area contributed by atoms with Crippen LogP contribution in [0.15, 0.2) is 23.0 Å². The second-order valence-corrected chi connectivity index (χ2v) is 11.2.